The number of anilines is 1. The molecule has 1 amide bonds. The Hall–Kier alpha value is -2.95. The number of nitrogens with one attached hydrogen (secondary N) is 1. The minimum Gasteiger partial charge on any atom is -0.493 e. The molecule has 5 heteroatoms. The van der Waals surface area contributed by atoms with Gasteiger partial charge in [-0.3, -0.25) is 4.79 Å². The third-order valence-corrected chi connectivity index (χ3v) is 4.10. The highest BCUT2D eigenvalue weighted by atomic mass is 16.5. The molecule has 0 aromatic heterocycles. The Labute approximate surface area is 154 Å². The molecule has 0 heterocycles. The first-order valence-corrected chi connectivity index (χ1v) is 8.41. The topological polar surface area (TPSA) is 56.8 Å². The number of ether oxygens (including phenoxy) is 3. The van der Waals surface area contributed by atoms with E-state index in [9.17, 15) is 4.79 Å². The van der Waals surface area contributed by atoms with Crippen molar-refractivity contribution in [2.24, 2.45) is 0 Å². The molecule has 0 aliphatic rings. The van der Waals surface area contributed by atoms with Crippen molar-refractivity contribution in [1.29, 1.82) is 0 Å². The molecule has 0 aliphatic carbocycles. The molecule has 26 heavy (non-hydrogen) atoms. The molecule has 0 aliphatic heterocycles. The summed E-state index contributed by atoms with van der Waals surface area (Å²) >= 11 is 0. The van der Waals surface area contributed by atoms with Crippen molar-refractivity contribution >= 4 is 17.7 Å². The van der Waals surface area contributed by atoms with Gasteiger partial charge in [-0.05, 0) is 48.2 Å². The van der Waals surface area contributed by atoms with Crippen molar-refractivity contribution in [2.45, 2.75) is 20.3 Å². The number of hydrogen-bond acceptors (Lipinski definition) is 4. The minimum absolute atomic E-state index is 0.192. The Balaban J connectivity index is 2.23. The van der Waals surface area contributed by atoms with E-state index in [0.29, 0.717) is 17.2 Å². The zero-order valence-electron chi connectivity index (χ0n) is 15.9. The van der Waals surface area contributed by atoms with Crippen LogP contribution < -0.4 is 19.5 Å². The Morgan fingerprint density at radius 2 is 1.73 bits per heavy atom. The van der Waals surface area contributed by atoms with Gasteiger partial charge >= 0.3 is 0 Å². The number of hydrogen-bond donors (Lipinski definition) is 1. The van der Waals surface area contributed by atoms with E-state index in [1.165, 1.54) is 6.08 Å². The highest BCUT2D eigenvalue weighted by Crippen LogP contribution is 2.38. The number of methoxy groups -OCH3 is 3. The molecule has 0 saturated carbocycles. The van der Waals surface area contributed by atoms with Gasteiger partial charge in [0, 0.05) is 11.8 Å². The van der Waals surface area contributed by atoms with E-state index in [2.05, 4.69) is 12.2 Å². The summed E-state index contributed by atoms with van der Waals surface area (Å²) in [6, 6.07) is 9.57. The number of carbonyl (C=O) groups excluding carboxylic acids is 1. The molecule has 2 aromatic carbocycles. The molecule has 0 bridgehead atoms. The third-order valence-electron chi connectivity index (χ3n) is 4.10. The van der Waals surface area contributed by atoms with Crippen molar-refractivity contribution in [3.63, 3.8) is 0 Å². The lowest BCUT2D eigenvalue weighted by atomic mass is 10.1. The lowest BCUT2D eigenvalue weighted by Crippen LogP contribution is -2.11. The Morgan fingerprint density at radius 1 is 1.08 bits per heavy atom. The number of amides is 1. The molecule has 0 spiro atoms. The summed E-state index contributed by atoms with van der Waals surface area (Å²) < 4.78 is 16.0. The van der Waals surface area contributed by atoms with E-state index in [0.717, 1.165) is 28.8 Å². The van der Waals surface area contributed by atoms with Gasteiger partial charge in [-0.1, -0.05) is 25.1 Å². The highest BCUT2D eigenvalue weighted by molar-refractivity contribution is 6.02. The van der Waals surface area contributed by atoms with E-state index in [1.54, 1.807) is 39.5 Å². The monoisotopic (exact) mass is 355 g/mol. The quantitative estimate of drug-likeness (QED) is 0.755. The second-order valence-corrected chi connectivity index (χ2v) is 5.74. The van der Waals surface area contributed by atoms with E-state index in [1.807, 2.05) is 25.1 Å². The summed E-state index contributed by atoms with van der Waals surface area (Å²) in [5, 5.41) is 2.97. The molecule has 5 nitrogen and oxygen atoms in total. The van der Waals surface area contributed by atoms with Crippen LogP contribution in [0.25, 0.3) is 6.08 Å². The van der Waals surface area contributed by atoms with Gasteiger partial charge in [-0.15, -0.1) is 0 Å². The number of para-hydroxylation sites is 1. The van der Waals surface area contributed by atoms with Gasteiger partial charge in [0.2, 0.25) is 11.7 Å². The Bertz CT molecular complexity index is 787. The summed E-state index contributed by atoms with van der Waals surface area (Å²) in [7, 11) is 4.67. The van der Waals surface area contributed by atoms with Crippen molar-refractivity contribution < 1.29 is 19.0 Å². The van der Waals surface area contributed by atoms with E-state index >= 15 is 0 Å². The SMILES string of the molecule is CCc1cccc(C)c1NC(=O)/C=C/c1cc(OC)c(OC)c(OC)c1. The third kappa shape index (κ3) is 4.36. The standard InChI is InChI=1S/C21H25NO4/c1-6-16-9-7-8-14(2)20(16)22-19(23)11-10-15-12-17(24-3)21(26-5)18(13-15)25-4/h7-13H,6H2,1-5H3,(H,22,23)/b11-10+. The summed E-state index contributed by atoms with van der Waals surface area (Å²) in [6.45, 7) is 4.05. The van der Waals surface area contributed by atoms with Gasteiger partial charge < -0.3 is 19.5 Å². The van der Waals surface area contributed by atoms with Gasteiger partial charge in [0.15, 0.2) is 11.5 Å². The smallest absolute Gasteiger partial charge is 0.248 e. The van der Waals surface area contributed by atoms with Gasteiger partial charge in [0.25, 0.3) is 0 Å². The normalized spacial score (nSPS) is 10.7. The average molecular weight is 355 g/mol. The first-order valence-electron chi connectivity index (χ1n) is 8.41. The fourth-order valence-corrected chi connectivity index (χ4v) is 2.74. The van der Waals surface area contributed by atoms with Gasteiger partial charge in [0.05, 0.1) is 21.3 Å². The summed E-state index contributed by atoms with van der Waals surface area (Å²) in [5.41, 5.74) is 3.79. The van der Waals surface area contributed by atoms with Crippen LogP contribution in [0.5, 0.6) is 17.2 Å². The lowest BCUT2D eigenvalue weighted by Gasteiger charge is -2.13. The molecule has 0 radical (unpaired) electrons. The molecular weight excluding hydrogens is 330 g/mol. The van der Waals surface area contributed by atoms with Crippen molar-refractivity contribution in [3.8, 4) is 17.2 Å². The van der Waals surface area contributed by atoms with Gasteiger partial charge in [0.1, 0.15) is 0 Å². The predicted octanol–water partition coefficient (Wildman–Crippen LogP) is 4.24. The van der Waals surface area contributed by atoms with Crippen LogP contribution in [0.1, 0.15) is 23.6 Å². The molecule has 0 fully saturated rings. The first kappa shape index (κ1) is 19.4. The lowest BCUT2D eigenvalue weighted by molar-refractivity contribution is -0.111. The molecule has 0 unspecified atom stereocenters. The molecule has 2 rings (SSSR count). The summed E-state index contributed by atoms with van der Waals surface area (Å²) in [6.07, 6.45) is 4.06. The van der Waals surface area contributed by atoms with Crippen molar-refractivity contribution in [2.75, 3.05) is 26.6 Å². The molecule has 2 aromatic rings. The van der Waals surface area contributed by atoms with Crippen LogP contribution in [0, 0.1) is 6.92 Å². The fourth-order valence-electron chi connectivity index (χ4n) is 2.74. The fraction of sp³-hybridized carbons (Fsp3) is 0.286. The summed E-state index contributed by atoms with van der Waals surface area (Å²) in [4.78, 5) is 12.4. The largest absolute Gasteiger partial charge is 0.493 e. The zero-order valence-corrected chi connectivity index (χ0v) is 15.9. The van der Waals surface area contributed by atoms with Crippen LogP contribution in [0.3, 0.4) is 0 Å². The maximum atomic E-state index is 12.4. The number of aryl methyl sites for hydroxylation is 2. The highest BCUT2D eigenvalue weighted by Gasteiger charge is 2.12. The molecule has 0 saturated heterocycles. The van der Waals surface area contributed by atoms with Gasteiger partial charge in [-0.2, -0.15) is 0 Å². The maximum absolute atomic E-state index is 12.4. The minimum atomic E-state index is -0.192. The molecule has 1 N–H and O–H groups in total. The van der Waals surface area contributed by atoms with Crippen LogP contribution in [0.15, 0.2) is 36.4 Å². The molecule has 0 atom stereocenters. The van der Waals surface area contributed by atoms with E-state index in [4.69, 9.17) is 14.2 Å². The van der Waals surface area contributed by atoms with Gasteiger partial charge in [-0.25, -0.2) is 0 Å². The number of benzene rings is 2. The van der Waals surface area contributed by atoms with E-state index in [-0.39, 0.29) is 5.91 Å². The second kappa shape index (κ2) is 8.94. The van der Waals surface area contributed by atoms with Crippen molar-refractivity contribution in [1.82, 2.24) is 0 Å². The average Bonchev–Trinajstić information content (AvgIpc) is 2.66. The Morgan fingerprint density at radius 3 is 2.27 bits per heavy atom. The van der Waals surface area contributed by atoms with Crippen molar-refractivity contribution in [3.05, 3.63) is 53.1 Å². The van der Waals surface area contributed by atoms with Crippen LogP contribution in [-0.4, -0.2) is 27.2 Å². The predicted molar refractivity (Wildman–Crippen MR) is 104 cm³/mol. The summed E-state index contributed by atoms with van der Waals surface area (Å²) in [5.74, 6) is 1.41. The Kier molecular flexibility index (Phi) is 6.67. The second-order valence-electron chi connectivity index (χ2n) is 5.74. The molecular formula is C21H25NO4. The molecule has 138 valence electrons. The number of carbonyl (C=O) groups is 1. The van der Waals surface area contributed by atoms with Crippen LogP contribution >= 0.6 is 0 Å². The zero-order chi connectivity index (χ0) is 19.1. The first-order chi connectivity index (χ1) is 12.5. The van der Waals surface area contributed by atoms with Crippen LogP contribution in [0.4, 0.5) is 5.69 Å². The van der Waals surface area contributed by atoms with E-state index < -0.39 is 0 Å². The maximum Gasteiger partial charge on any atom is 0.248 e. The van der Waals surface area contributed by atoms with Crippen LogP contribution in [-0.2, 0) is 11.2 Å². The van der Waals surface area contributed by atoms with Crippen LogP contribution in [0.2, 0.25) is 0 Å². The number of rotatable bonds is 7.